The van der Waals surface area contributed by atoms with Crippen molar-refractivity contribution in [1.29, 1.82) is 0 Å². The zero-order valence-electron chi connectivity index (χ0n) is 13.5. The fraction of sp³-hybridized carbons (Fsp3) is 0.500. The van der Waals surface area contributed by atoms with Crippen LogP contribution in [0.3, 0.4) is 0 Å². The molecule has 0 radical (unpaired) electrons. The second kappa shape index (κ2) is 7.06. The number of amides is 4. The van der Waals surface area contributed by atoms with E-state index in [9.17, 15) is 14.7 Å². The molecule has 24 heavy (non-hydrogen) atoms. The van der Waals surface area contributed by atoms with Crippen LogP contribution in [0.5, 0.6) is 5.75 Å². The minimum absolute atomic E-state index is 0.143. The lowest BCUT2D eigenvalue weighted by atomic mass is 10.1. The molecule has 8 heteroatoms. The number of benzene rings is 1. The largest absolute Gasteiger partial charge is 0.508 e. The minimum atomic E-state index is -0.698. The Morgan fingerprint density at radius 1 is 1.21 bits per heavy atom. The maximum absolute atomic E-state index is 12.3. The maximum atomic E-state index is 12.3. The molecule has 2 saturated heterocycles. The first-order valence-electron chi connectivity index (χ1n) is 8.08. The van der Waals surface area contributed by atoms with E-state index in [2.05, 4.69) is 16.0 Å². The first kappa shape index (κ1) is 16.5. The van der Waals surface area contributed by atoms with Gasteiger partial charge in [-0.15, -0.1) is 0 Å². The number of hydrogen-bond acceptors (Lipinski definition) is 5. The molecule has 2 heterocycles. The monoisotopic (exact) mass is 334 g/mol. The van der Waals surface area contributed by atoms with Crippen LogP contribution in [0.15, 0.2) is 24.3 Å². The summed E-state index contributed by atoms with van der Waals surface area (Å²) in [6.45, 7) is 2.94. The van der Waals surface area contributed by atoms with E-state index in [1.165, 1.54) is 4.90 Å². The Bertz CT molecular complexity index is 600. The standard InChI is InChI=1S/C16H22N4O4/c1-10(12-4-2-3-5-13(12)21)17-14-18-15(22)20(16(23)19-14)11-6-8-24-9-7-11/h2-5,10-11,14,17,21H,6-9H2,1H3,(H,18,22)(H,19,23). The summed E-state index contributed by atoms with van der Waals surface area (Å²) in [4.78, 5) is 25.9. The summed E-state index contributed by atoms with van der Waals surface area (Å²) in [5, 5.41) is 18.4. The van der Waals surface area contributed by atoms with Gasteiger partial charge in [-0.2, -0.15) is 0 Å². The van der Waals surface area contributed by atoms with Gasteiger partial charge in [-0.25, -0.2) is 14.5 Å². The Balaban J connectivity index is 1.63. The molecule has 2 aliphatic heterocycles. The van der Waals surface area contributed by atoms with Crippen molar-refractivity contribution >= 4 is 12.1 Å². The fourth-order valence-corrected chi connectivity index (χ4v) is 3.07. The predicted molar refractivity (Wildman–Crippen MR) is 86.2 cm³/mol. The molecule has 1 aromatic carbocycles. The molecule has 0 spiro atoms. The van der Waals surface area contributed by atoms with Gasteiger partial charge in [-0.05, 0) is 25.8 Å². The lowest BCUT2D eigenvalue weighted by Crippen LogP contribution is -2.70. The third-order valence-corrected chi connectivity index (χ3v) is 4.35. The molecule has 0 bridgehead atoms. The number of hydrogen-bond donors (Lipinski definition) is 4. The maximum Gasteiger partial charge on any atom is 0.328 e. The van der Waals surface area contributed by atoms with Crippen molar-refractivity contribution in [3.63, 3.8) is 0 Å². The lowest BCUT2D eigenvalue weighted by molar-refractivity contribution is 0.0492. The van der Waals surface area contributed by atoms with Crippen LogP contribution in [0.1, 0.15) is 31.4 Å². The summed E-state index contributed by atoms with van der Waals surface area (Å²) in [7, 11) is 0. The molecule has 0 aliphatic carbocycles. The number of imide groups is 1. The van der Waals surface area contributed by atoms with Gasteiger partial charge in [0.15, 0.2) is 6.29 Å². The summed E-state index contributed by atoms with van der Waals surface area (Å²) < 4.78 is 5.27. The van der Waals surface area contributed by atoms with Gasteiger partial charge in [0, 0.05) is 30.9 Å². The number of urea groups is 2. The van der Waals surface area contributed by atoms with Crippen molar-refractivity contribution in [2.45, 2.75) is 38.1 Å². The first-order valence-corrected chi connectivity index (χ1v) is 8.08. The Hall–Kier alpha value is -2.32. The molecule has 130 valence electrons. The number of para-hydroxylation sites is 1. The van der Waals surface area contributed by atoms with E-state index in [1.807, 2.05) is 13.0 Å². The van der Waals surface area contributed by atoms with Gasteiger partial charge in [0.1, 0.15) is 5.75 Å². The summed E-state index contributed by atoms with van der Waals surface area (Å²) in [6, 6.07) is 5.69. The minimum Gasteiger partial charge on any atom is -0.508 e. The van der Waals surface area contributed by atoms with Crippen molar-refractivity contribution in [1.82, 2.24) is 20.9 Å². The highest BCUT2D eigenvalue weighted by Crippen LogP contribution is 2.23. The molecular formula is C16H22N4O4. The molecule has 4 amide bonds. The molecule has 0 saturated carbocycles. The third kappa shape index (κ3) is 3.44. The summed E-state index contributed by atoms with van der Waals surface area (Å²) in [5.74, 6) is 0.162. The Labute approximate surface area is 140 Å². The van der Waals surface area contributed by atoms with Crippen molar-refractivity contribution in [3.05, 3.63) is 29.8 Å². The van der Waals surface area contributed by atoms with Gasteiger partial charge in [0.2, 0.25) is 0 Å². The van der Waals surface area contributed by atoms with Crippen molar-refractivity contribution in [2.24, 2.45) is 0 Å². The van der Waals surface area contributed by atoms with E-state index in [4.69, 9.17) is 4.74 Å². The van der Waals surface area contributed by atoms with Gasteiger partial charge < -0.3 is 20.5 Å². The number of ether oxygens (including phenoxy) is 1. The molecule has 2 aliphatic rings. The van der Waals surface area contributed by atoms with Crippen molar-refractivity contribution in [2.75, 3.05) is 13.2 Å². The Kier molecular flexibility index (Phi) is 4.86. The number of carbonyl (C=O) groups excluding carboxylic acids is 2. The molecule has 2 fully saturated rings. The van der Waals surface area contributed by atoms with Crippen LogP contribution in [-0.2, 0) is 4.74 Å². The van der Waals surface area contributed by atoms with Crippen LogP contribution in [0.4, 0.5) is 9.59 Å². The van der Waals surface area contributed by atoms with Crippen LogP contribution in [0.2, 0.25) is 0 Å². The number of carbonyl (C=O) groups is 2. The molecule has 3 rings (SSSR count). The second-order valence-electron chi connectivity index (χ2n) is 5.99. The quantitative estimate of drug-likeness (QED) is 0.663. The van der Waals surface area contributed by atoms with E-state index in [-0.39, 0.29) is 17.8 Å². The number of phenolic OH excluding ortho intramolecular Hbond substituents is 1. The van der Waals surface area contributed by atoms with E-state index < -0.39 is 18.4 Å². The zero-order valence-corrected chi connectivity index (χ0v) is 13.5. The van der Waals surface area contributed by atoms with Gasteiger partial charge in [0.05, 0.1) is 0 Å². The van der Waals surface area contributed by atoms with Crippen LogP contribution < -0.4 is 16.0 Å². The smallest absolute Gasteiger partial charge is 0.328 e. The van der Waals surface area contributed by atoms with Crippen molar-refractivity contribution in [3.8, 4) is 5.75 Å². The van der Waals surface area contributed by atoms with E-state index in [0.717, 1.165) is 0 Å². The van der Waals surface area contributed by atoms with E-state index in [1.54, 1.807) is 18.2 Å². The number of nitrogens with one attached hydrogen (secondary N) is 3. The summed E-state index contributed by atoms with van der Waals surface area (Å²) >= 11 is 0. The van der Waals surface area contributed by atoms with Crippen LogP contribution in [-0.4, -0.2) is 47.6 Å². The van der Waals surface area contributed by atoms with Crippen LogP contribution >= 0.6 is 0 Å². The van der Waals surface area contributed by atoms with Gasteiger partial charge >= 0.3 is 12.1 Å². The Morgan fingerprint density at radius 2 is 1.83 bits per heavy atom. The molecule has 8 nitrogen and oxygen atoms in total. The molecule has 0 aromatic heterocycles. The first-order chi connectivity index (χ1) is 11.6. The van der Waals surface area contributed by atoms with Gasteiger partial charge in [-0.1, -0.05) is 18.2 Å². The van der Waals surface area contributed by atoms with Crippen molar-refractivity contribution < 1.29 is 19.4 Å². The molecule has 4 N–H and O–H groups in total. The molecule has 1 atom stereocenters. The number of phenols is 1. The van der Waals surface area contributed by atoms with Gasteiger partial charge in [0.25, 0.3) is 0 Å². The number of aromatic hydroxyl groups is 1. The number of rotatable bonds is 4. The number of nitrogens with zero attached hydrogens (tertiary/aromatic N) is 1. The fourth-order valence-electron chi connectivity index (χ4n) is 3.07. The molecule has 1 unspecified atom stereocenters. The third-order valence-electron chi connectivity index (χ3n) is 4.35. The highest BCUT2D eigenvalue weighted by atomic mass is 16.5. The van der Waals surface area contributed by atoms with E-state index >= 15 is 0 Å². The summed E-state index contributed by atoms with van der Waals surface area (Å²) in [6.07, 6.45) is 0.594. The van der Waals surface area contributed by atoms with Gasteiger partial charge in [-0.3, -0.25) is 5.32 Å². The Morgan fingerprint density at radius 3 is 2.46 bits per heavy atom. The lowest BCUT2D eigenvalue weighted by Gasteiger charge is -2.39. The summed E-state index contributed by atoms with van der Waals surface area (Å²) in [5.41, 5.74) is 0.688. The topological polar surface area (TPSA) is 103 Å². The average Bonchev–Trinajstić information content (AvgIpc) is 2.55. The highest BCUT2D eigenvalue weighted by Gasteiger charge is 2.37. The predicted octanol–water partition coefficient (Wildman–Crippen LogP) is 1.24. The van der Waals surface area contributed by atoms with E-state index in [0.29, 0.717) is 31.6 Å². The second-order valence-corrected chi connectivity index (χ2v) is 5.99. The zero-order chi connectivity index (χ0) is 17.1. The normalized spacial score (nSPS) is 21.3. The van der Waals surface area contributed by atoms with Crippen LogP contribution in [0, 0.1) is 0 Å². The molecule has 1 aromatic rings. The average molecular weight is 334 g/mol. The van der Waals surface area contributed by atoms with Crippen LogP contribution in [0.25, 0.3) is 0 Å². The SMILES string of the molecule is CC(NC1NC(=O)N(C2CCOCC2)C(=O)N1)c1ccccc1O. The highest BCUT2D eigenvalue weighted by molar-refractivity contribution is 5.96. The molecular weight excluding hydrogens is 312 g/mol.